The minimum absolute atomic E-state index is 0.0748. The summed E-state index contributed by atoms with van der Waals surface area (Å²) in [5.74, 6) is 1.22. The van der Waals surface area contributed by atoms with Gasteiger partial charge >= 0.3 is 0 Å². The van der Waals surface area contributed by atoms with Gasteiger partial charge in [0.1, 0.15) is 17.1 Å². The van der Waals surface area contributed by atoms with Crippen molar-refractivity contribution in [1.29, 1.82) is 0 Å². The second-order valence-corrected chi connectivity index (χ2v) is 6.24. The molecule has 4 nitrogen and oxygen atoms in total. The summed E-state index contributed by atoms with van der Waals surface area (Å²) in [4.78, 5) is 12.6. The van der Waals surface area contributed by atoms with Crippen molar-refractivity contribution in [3.8, 4) is 17.1 Å². The van der Waals surface area contributed by atoms with E-state index in [0.29, 0.717) is 34.6 Å². The zero-order chi connectivity index (χ0) is 18.0. The first-order chi connectivity index (χ1) is 12.0. The third-order valence-corrected chi connectivity index (χ3v) is 4.06. The second kappa shape index (κ2) is 6.85. The molecule has 0 bridgehead atoms. The molecule has 0 aliphatic rings. The summed E-state index contributed by atoms with van der Waals surface area (Å²) in [5, 5.41) is 0.553. The Morgan fingerprint density at radius 1 is 1.16 bits per heavy atom. The minimum Gasteiger partial charge on any atom is -0.496 e. The van der Waals surface area contributed by atoms with Crippen molar-refractivity contribution in [2.45, 2.75) is 20.3 Å². The van der Waals surface area contributed by atoms with E-state index < -0.39 is 0 Å². The van der Waals surface area contributed by atoms with Gasteiger partial charge in [-0.2, -0.15) is 0 Å². The van der Waals surface area contributed by atoms with Crippen LogP contribution in [-0.4, -0.2) is 7.11 Å². The topological polar surface area (TPSA) is 65.5 Å². The molecule has 4 heteroatoms. The molecule has 0 aliphatic carbocycles. The van der Waals surface area contributed by atoms with Crippen molar-refractivity contribution in [3.63, 3.8) is 0 Å². The molecule has 0 aliphatic heterocycles. The van der Waals surface area contributed by atoms with E-state index in [4.69, 9.17) is 14.9 Å². The molecular formula is C21H21NO3. The van der Waals surface area contributed by atoms with Gasteiger partial charge in [0.15, 0.2) is 5.43 Å². The Balaban J connectivity index is 2.15. The first-order valence-electron chi connectivity index (χ1n) is 8.12. The van der Waals surface area contributed by atoms with E-state index in [0.717, 1.165) is 11.1 Å². The lowest BCUT2D eigenvalue weighted by Gasteiger charge is -2.10. The van der Waals surface area contributed by atoms with E-state index in [1.54, 1.807) is 25.3 Å². The summed E-state index contributed by atoms with van der Waals surface area (Å²) >= 11 is 0. The van der Waals surface area contributed by atoms with Crippen LogP contribution in [0.1, 0.15) is 19.4 Å². The second-order valence-electron chi connectivity index (χ2n) is 6.24. The number of nitrogen functional groups attached to an aromatic ring is 1. The Morgan fingerprint density at radius 3 is 2.52 bits per heavy atom. The molecule has 2 aromatic carbocycles. The quantitative estimate of drug-likeness (QED) is 0.561. The largest absolute Gasteiger partial charge is 0.496 e. The predicted octanol–water partition coefficient (Wildman–Crippen LogP) is 4.56. The average molecular weight is 335 g/mol. The van der Waals surface area contributed by atoms with Crippen LogP contribution in [0, 0.1) is 0 Å². The predicted molar refractivity (Wildman–Crippen MR) is 102 cm³/mol. The van der Waals surface area contributed by atoms with Crippen LogP contribution < -0.4 is 15.9 Å². The molecule has 2 N–H and O–H groups in total. The number of hydrogen-bond donors (Lipinski definition) is 1. The molecule has 128 valence electrons. The number of anilines is 1. The molecule has 0 atom stereocenters. The van der Waals surface area contributed by atoms with Gasteiger partial charge in [0, 0.05) is 23.4 Å². The lowest BCUT2D eigenvalue weighted by atomic mass is 10.0. The fourth-order valence-electron chi connectivity index (χ4n) is 2.68. The highest BCUT2D eigenvalue weighted by Gasteiger charge is 2.11. The molecule has 0 fully saturated rings. The SMILES string of the molecule is COc1cc2oc(-c3ccc(N)cc3)cc(=O)c2cc1CC=C(C)C. The third kappa shape index (κ3) is 3.58. The molecule has 1 heterocycles. The minimum atomic E-state index is -0.0748. The van der Waals surface area contributed by atoms with Gasteiger partial charge in [-0.1, -0.05) is 11.6 Å². The number of methoxy groups -OCH3 is 1. The van der Waals surface area contributed by atoms with Crippen molar-refractivity contribution in [2.24, 2.45) is 0 Å². The molecule has 0 spiro atoms. The van der Waals surface area contributed by atoms with Crippen molar-refractivity contribution in [2.75, 3.05) is 12.8 Å². The summed E-state index contributed by atoms with van der Waals surface area (Å²) in [6, 6.07) is 12.4. The molecule has 3 aromatic rings. The van der Waals surface area contributed by atoms with Crippen LogP contribution in [0.3, 0.4) is 0 Å². The van der Waals surface area contributed by atoms with Gasteiger partial charge in [0.25, 0.3) is 0 Å². The lowest BCUT2D eigenvalue weighted by molar-refractivity contribution is 0.410. The Morgan fingerprint density at radius 2 is 1.88 bits per heavy atom. The molecule has 0 radical (unpaired) electrons. The Kier molecular flexibility index (Phi) is 4.61. The van der Waals surface area contributed by atoms with E-state index >= 15 is 0 Å². The molecule has 0 saturated carbocycles. The van der Waals surface area contributed by atoms with Gasteiger partial charge in [-0.25, -0.2) is 0 Å². The molecule has 1 aromatic heterocycles. The standard InChI is InChI=1S/C21H21NO3/c1-13(2)4-5-15-10-17-18(23)11-20(14-6-8-16(22)9-7-14)25-21(17)12-19(15)24-3/h4,6-12H,5,22H2,1-3H3. The van der Waals surface area contributed by atoms with E-state index in [1.807, 2.05) is 32.0 Å². The number of hydrogen-bond acceptors (Lipinski definition) is 4. The zero-order valence-electron chi connectivity index (χ0n) is 14.6. The van der Waals surface area contributed by atoms with Crippen LogP contribution in [-0.2, 0) is 6.42 Å². The number of benzene rings is 2. The van der Waals surface area contributed by atoms with Gasteiger partial charge in [-0.3, -0.25) is 4.79 Å². The number of allylic oxidation sites excluding steroid dienone is 2. The van der Waals surface area contributed by atoms with Crippen molar-refractivity contribution in [3.05, 3.63) is 69.9 Å². The van der Waals surface area contributed by atoms with Gasteiger partial charge in [0.2, 0.25) is 0 Å². The van der Waals surface area contributed by atoms with E-state index in [1.165, 1.54) is 11.6 Å². The van der Waals surface area contributed by atoms with Gasteiger partial charge in [-0.05, 0) is 56.2 Å². The highest BCUT2D eigenvalue weighted by Crippen LogP contribution is 2.29. The fraction of sp³-hybridized carbons (Fsp3) is 0.190. The molecule has 0 unspecified atom stereocenters. The van der Waals surface area contributed by atoms with Gasteiger partial charge < -0.3 is 14.9 Å². The van der Waals surface area contributed by atoms with E-state index in [-0.39, 0.29) is 5.43 Å². The molecule has 0 amide bonds. The molecule has 3 rings (SSSR count). The molecule has 0 saturated heterocycles. The number of ether oxygens (including phenoxy) is 1. The number of rotatable bonds is 4. The van der Waals surface area contributed by atoms with Crippen LogP contribution in [0.15, 0.2) is 63.3 Å². The average Bonchev–Trinajstić information content (AvgIpc) is 2.59. The van der Waals surface area contributed by atoms with Crippen molar-refractivity contribution in [1.82, 2.24) is 0 Å². The summed E-state index contributed by atoms with van der Waals surface area (Å²) in [6.07, 6.45) is 2.81. The number of nitrogens with two attached hydrogens (primary N) is 1. The van der Waals surface area contributed by atoms with Crippen molar-refractivity contribution < 1.29 is 9.15 Å². The first kappa shape index (κ1) is 16.8. The summed E-state index contributed by atoms with van der Waals surface area (Å²) < 4.78 is 11.4. The summed E-state index contributed by atoms with van der Waals surface area (Å²) in [7, 11) is 1.62. The van der Waals surface area contributed by atoms with E-state index in [9.17, 15) is 4.79 Å². The van der Waals surface area contributed by atoms with Crippen LogP contribution >= 0.6 is 0 Å². The van der Waals surface area contributed by atoms with Crippen LogP contribution in [0.4, 0.5) is 5.69 Å². The number of fused-ring (bicyclic) bond motifs is 1. The van der Waals surface area contributed by atoms with Crippen molar-refractivity contribution >= 4 is 16.7 Å². The monoisotopic (exact) mass is 335 g/mol. The van der Waals surface area contributed by atoms with Crippen LogP contribution in [0.2, 0.25) is 0 Å². The summed E-state index contributed by atoms with van der Waals surface area (Å²) in [5.41, 5.74) is 9.80. The Labute approximate surface area is 146 Å². The maximum atomic E-state index is 12.6. The Hall–Kier alpha value is -3.01. The highest BCUT2D eigenvalue weighted by atomic mass is 16.5. The fourth-order valence-corrected chi connectivity index (χ4v) is 2.68. The van der Waals surface area contributed by atoms with Crippen LogP contribution in [0.25, 0.3) is 22.3 Å². The first-order valence-corrected chi connectivity index (χ1v) is 8.12. The summed E-state index contributed by atoms with van der Waals surface area (Å²) in [6.45, 7) is 4.08. The third-order valence-electron chi connectivity index (χ3n) is 4.06. The molecule has 25 heavy (non-hydrogen) atoms. The zero-order valence-corrected chi connectivity index (χ0v) is 14.6. The smallest absolute Gasteiger partial charge is 0.193 e. The lowest BCUT2D eigenvalue weighted by Crippen LogP contribution is -2.02. The maximum absolute atomic E-state index is 12.6. The Bertz CT molecular complexity index is 994. The van der Waals surface area contributed by atoms with Crippen LogP contribution in [0.5, 0.6) is 5.75 Å². The van der Waals surface area contributed by atoms with Gasteiger partial charge in [-0.15, -0.1) is 0 Å². The normalized spacial score (nSPS) is 10.7. The molecular weight excluding hydrogens is 314 g/mol. The maximum Gasteiger partial charge on any atom is 0.193 e. The highest BCUT2D eigenvalue weighted by molar-refractivity contribution is 5.81. The van der Waals surface area contributed by atoms with E-state index in [2.05, 4.69) is 6.08 Å². The van der Waals surface area contributed by atoms with Gasteiger partial charge in [0.05, 0.1) is 12.5 Å².